The first-order valence-electron chi connectivity index (χ1n) is 3.18. The van der Waals surface area contributed by atoms with Crippen LogP contribution in [0.5, 0.6) is 0 Å². The van der Waals surface area contributed by atoms with Crippen molar-refractivity contribution in [2.45, 2.75) is 0 Å². The van der Waals surface area contributed by atoms with Gasteiger partial charge in [0.2, 0.25) is 0 Å². The van der Waals surface area contributed by atoms with Crippen LogP contribution < -0.4 is 4.84 Å². The van der Waals surface area contributed by atoms with Gasteiger partial charge in [-0.05, 0) is 11.3 Å². The molecule has 0 saturated heterocycles. The van der Waals surface area contributed by atoms with Crippen LogP contribution >= 0.6 is 0 Å². The van der Waals surface area contributed by atoms with Crippen LogP contribution in [0.15, 0.2) is 18.2 Å². The molecule has 0 aliphatic heterocycles. The minimum absolute atomic E-state index is 0.717. The molecule has 55 valence electrons. The van der Waals surface area contributed by atoms with Gasteiger partial charge in [0, 0.05) is 6.07 Å². The minimum atomic E-state index is 0.717. The second-order valence-electron chi connectivity index (χ2n) is 2.05. The van der Waals surface area contributed by atoms with Crippen molar-refractivity contribution >= 4 is 11.0 Å². The summed E-state index contributed by atoms with van der Waals surface area (Å²) in [7, 11) is 1.54. The Labute approximate surface area is 63.3 Å². The van der Waals surface area contributed by atoms with E-state index in [0.29, 0.717) is 5.52 Å². The molecular formula is C7H6N3O. The zero-order valence-electron chi connectivity index (χ0n) is 5.98. The van der Waals surface area contributed by atoms with Gasteiger partial charge in [-0.3, -0.25) is 0 Å². The predicted molar refractivity (Wildman–Crippen MR) is 38.9 cm³/mol. The SMILES string of the molecule is COn1nnc2[c]cccc21. The van der Waals surface area contributed by atoms with E-state index in [1.807, 2.05) is 12.1 Å². The first kappa shape index (κ1) is 6.15. The second-order valence-corrected chi connectivity index (χ2v) is 2.05. The van der Waals surface area contributed by atoms with Crippen molar-refractivity contribution in [2.75, 3.05) is 7.11 Å². The topological polar surface area (TPSA) is 39.9 Å². The first-order chi connectivity index (χ1) is 5.42. The van der Waals surface area contributed by atoms with Crippen molar-refractivity contribution < 1.29 is 4.84 Å². The molecule has 1 aromatic carbocycles. The molecular weight excluding hydrogens is 142 g/mol. The number of aromatic nitrogens is 3. The van der Waals surface area contributed by atoms with Gasteiger partial charge >= 0.3 is 0 Å². The third-order valence-corrected chi connectivity index (χ3v) is 1.42. The summed E-state index contributed by atoms with van der Waals surface area (Å²) < 4.78 is 0. The Kier molecular flexibility index (Phi) is 1.25. The quantitative estimate of drug-likeness (QED) is 0.583. The van der Waals surface area contributed by atoms with Gasteiger partial charge in [-0.2, -0.15) is 0 Å². The molecule has 11 heavy (non-hydrogen) atoms. The number of nitrogens with zero attached hydrogens (tertiary/aromatic N) is 3. The molecule has 2 rings (SSSR count). The van der Waals surface area contributed by atoms with Crippen molar-refractivity contribution in [3.8, 4) is 0 Å². The summed E-state index contributed by atoms with van der Waals surface area (Å²) >= 11 is 0. The third-order valence-electron chi connectivity index (χ3n) is 1.42. The molecule has 0 amide bonds. The summed E-state index contributed by atoms with van der Waals surface area (Å²) in [4.78, 5) is 6.24. The standard InChI is InChI=1S/C7H6N3O/c1-11-10-7-5-3-2-4-6(7)8-9-10/h2-3,5H,1H3. The number of hydrogen-bond acceptors (Lipinski definition) is 3. The van der Waals surface area contributed by atoms with Gasteiger partial charge < -0.3 is 4.84 Å². The molecule has 0 bridgehead atoms. The molecule has 1 aromatic heterocycles. The van der Waals surface area contributed by atoms with E-state index in [0.717, 1.165) is 5.52 Å². The zero-order chi connectivity index (χ0) is 7.68. The molecule has 4 nitrogen and oxygen atoms in total. The van der Waals surface area contributed by atoms with Gasteiger partial charge in [0.05, 0.1) is 0 Å². The normalized spacial score (nSPS) is 10.3. The van der Waals surface area contributed by atoms with E-state index < -0.39 is 0 Å². The lowest BCUT2D eigenvalue weighted by atomic mass is 10.3. The molecule has 0 unspecified atom stereocenters. The highest BCUT2D eigenvalue weighted by atomic mass is 16.7. The molecule has 1 radical (unpaired) electrons. The van der Waals surface area contributed by atoms with Gasteiger partial charge in [0.1, 0.15) is 18.1 Å². The Bertz CT molecular complexity index is 368. The van der Waals surface area contributed by atoms with Crippen LogP contribution in [0.2, 0.25) is 0 Å². The maximum absolute atomic E-state index is 4.89. The average molecular weight is 148 g/mol. The lowest BCUT2D eigenvalue weighted by Crippen LogP contribution is -2.06. The summed E-state index contributed by atoms with van der Waals surface area (Å²) in [5, 5.41) is 7.55. The molecule has 0 N–H and O–H groups in total. The Morgan fingerprint density at radius 2 is 2.55 bits per heavy atom. The van der Waals surface area contributed by atoms with Gasteiger partial charge in [-0.25, -0.2) is 0 Å². The van der Waals surface area contributed by atoms with Crippen LogP contribution in [0, 0.1) is 6.07 Å². The van der Waals surface area contributed by atoms with E-state index in [1.165, 1.54) is 4.85 Å². The lowest BCUT2D eigenvalue weighted by Gasteiger charge is -1.95. The van der Waals surface area contributed by atoms with E-state index in [2.05, 4.69) is 16.4 Å². The van der Waals surface area contributed by atoms with Crippen molar-refractivity contribution in [2.24, 2.45) is 0 Å². The summed E-state index contributed by atoms with van der Waals surface area (Å²) in [5.41, 5.74) is 1.55. The molecule has 0 aliphatic carbocycles. The summed E-state index contributed by atoms with van der Waals surface area (Å²) in [6.07, 6.45) is 0. The van der Waals surface area contributed by atoms with Gasteiger partial charge in [-0.15, -0.1) is 5.10 Å². The van der Waals surface area contributed by atoms with Crippen molar-refractivity contribution in [3.05, 3.63) is 24.3 Å². The predicted octanol–water partition coefficient (Wildman–Crippen LogP) is 0.290. The number of rotatable bonds is 1. The van der Waals surface area contributed by atoms with Crippen molar-refractivity contribution in [1.82, 2.24) is 15.2 Å². The maximum Gasteiger partial charge on any atom is 0.131 e. The monoisotopic (exact) mass is 148 g/mol. The molecule has 4 heteroatoms. The van der Waals surface area contributed by atoms with E-state index in [-0.39, 0.29) is 0 Å². The third kappa shape index (κ3) is 0.832. The average Bonchev–Trinajstić information content (AvgIpc) is 2.47. The maximum atomic E-state index is 4.89. The van der Waals surface area contributed by atoms with Gasteiger partial charge in [0.25, 0.3) is 0 Å². The molecule has 0 atom stereocenters. The fourth-order valence-electron chi connectivity index (χ4n) is 0.922. The Balaban J connectivity index is 2.76. The molecule has 0 aliphatic rings. The van der Waals surface area contributed by atoms with E-state index in [4.69, 9.17) is 4.84 Å². The highest BCUT2D eigenvalue weighted by Crippen LogP contribution is 2.06. The zero-order valence-corrected chi connectivity index (χ0v) is 5.98. The first-order valence-corrected chi connectivity index (χ1v) is 3.18. The van der Waals surface area contributed by atoms with Crippen LogP contribution in [-0.4, -0.2) is 22.3 Å². The van der Waals surface area contributed by atoms with Gasteiger partial charge in [-0.1, -0.05) is 17.0 Å². The summed E-state index contributed by atoms with van der Waals surface area (Å²) in [5.74, 6) is 0. The fourth-order valence-corrected chi connectivity index (χ4v) is 0.922. The highest BCUT2D eigenvalue weighted by Gasteiger charge is 2.00. The largest absolute Gasteiger partial charge is 0.398 e. The number of benzene rings is 1. The highest BCUT2D eigenvalue weighted by molar-refractivity contribution is 5.72. The minimum Gasteiger partial charge on any atom is -0.398 e. The second kappa shape index (κ2) is 2.23. The van der Waals surface area contributed by atoms with Crippen LogP contribution in [0.3, 0.4) is 0 Å². The molecule has 2 aromatic rings. The Morgan fingerprint density at radius 3 is 3.36 bits per heavy atom. The smallest absolute Gasteiger partial charge is 0.131 e. The fraction of sp³-hybridized carbons (Fsp3) is 0.143. The van der Waals surface area contributed by atoms with E-state index in [1.54, 1.807) is 13.2 Å². The van der Waals surface area contributed by atoms with Crippen LogP contribution in [0.4, 0.5) is 0 Å². The van der Waals surface area contributed by atoms with Crippen molar-refractivity contribution in [3.63, 3.8) is 0 Å². The molecule has 1 heterocycles. The van der Waals surface area contributed by atoms with Crippen LogP contribution in [0.1, 0.15) is 0 Å². The van der Waals surface area contributed by atoms with Crippen LogP contribution in [0.25, 0.3) is 11.0 Å². The summed E-state index contributed by atoms with van der Waals surface area (Å²) in [6, 6.07) is 8.45. The number of fused-ring (bicyclic) bond motifs is 1. The number of hydrogen-bond donors (Lipinski definition) is 0. The van der Waals surface area contributed by atoms with Gasteiger partial charge in [0.15, 0.2) is 0 Å². The Morgan fingerprint density at radius 1 is 1.64 bits per heavy atom. The molecule has 0 fully saturated rings. The molecule has 0 saturated carbocycles. The lowest BCUT2D eigenvalue weighted by molar-refractivity contribution is 0.139. The van der Waals surface area contributed by atoms with E-state index >= 15 is 0 Å². The Hall–Kier alpha value is -1.58. The van der Waals surface area contributed by atoms with Crippen LogP contribution in [-0.2, 0) is 0 Å². The van der Waals surface area contributed by atoms with Crippen molar-refractivity contribution in [1.29, 1.82) is 0 Å². The molecule has 0 spiro atoms. The van der Waals surface area contributed by atoms with E-state index in [9.17, 15) is 0 Å². The summed E-state index contributed by atoms with van der Waals surface area (Å²) in [6.45, 7) is 0.